The molecule has 0 aliphatic carbocycles. The van der Waals surface area contributed by atoms with Gasteiger partial charge in [-0.2, -0.15) is 0 Å². The summed E-state index contributed by atoms with van der Waals surface area (Å²) in [6.07, 6.45) is 0.265. The van der Waals surface area contributed by atoms with Gasteiger partial charge in [-0.1, -0.05) is 56.3 Å². The number of hydrogen-bond donors (Lipinski definition) is 2. The van der Waals surface area contributed by atoms with E-state index in [1.807, 2.05) is 54.6 Å². The van der Waals surface area contributed by atoms with Crippen LogP contribution in [0.2, 0.25) is 0 Å². The first kappa shape index (κ1) is 17.7. The summed E-state index contributed by atoms with van der Waals surface area (Å²) in [5, 5.41) is 5.59. The number of benzene rings is 2. The molecule has 0 aliphatic heterocycles. The standard InChI is InChI=1S/C20H24N2O2/c1-14(2)17-10-7-11-18(13-17)22-20(24)15(3)21-19(23)12-16-8-5-4-6-9-16/h4-11,13-15H,12H2,1-3H3,(H,21,23)(H,22,24). The predicted octanol–water partition coefficient (Wildman–Crippen LogP) is 3.50. The maximum absolute atomic E-state index is 12.3. The van der Waals surface area contributed by atoms with E-state index in [9.17, 15) is 9.59 Å². The second-order valence-corrected chi connectivity index (χ2v) is 6.22. The summed E-state index contributed by atoms with van der Waals surface area (Å²) < 4.78 is 0. The van der Waals surface area contributed by atoms with Crippen LogP contribution in [0.4, 0.5) is 5.69 Å². The second-order valence-electron chi connectivity index (χ2n) is 6.22. The normalized spacial score (nSPS) is 11.8. The van der Waals surface area contributed by atoms with Gasteiger partial charge in [0.25, 0.3) is 0 Å². The summed E-state index contributed by atoms with van der Waals surface area (Å²) in [5.74, 6) is 0.00181. The van der Waals surface area contributed by atoms with Gasteiger partial charge >= 0.3 is 0 Å². The van der Waals surface area contributed by atoms with Crippen molar-refractivity contribution >= 4 is 17.5 Å². The molecular weight excluding hydrogens is 300 g/mol. The number of carbonyl (C=O) groups excluding carboxylic acids is 2. The molecule has 0 aliphatic rings. The molecule has 0 aromatic heterocycles. The zero-order valence-corrected chi connectivity index (χ0v) is 14.4. The molecule has 2 aromatic carbocycles. The van der Waals surface area contributed by atoms with Crippen LogP contribution in [-0.2, 0) is 16.0 Å². The molecule has 4 nitrogen and oxygen atoms in total. The van der Waals surface area contributed by atoms with E-state index < -0.39 is 6.04 Å². The van der Waals surface area contributed by atoms with Gasteiger partial charge in [-0.15, -0.1) is 0 Å². The lowest BCUT2D eigenvalue weighted by Crippen LogP contribution is -2.42. The number of nitrogens with one attached hydrogen (secondary N) is 2. The van der Waals surface area contributed by atoms with Gasteiger partial charge in [-0.3, -0.25) is 9.59 Å². The largest absolute Gasteiger partial charge is 0.344 e. The number of hydrogen-bond acceptors (Lipinski definition) is 2. The van der Waals surface area contributed by atoms with Crippen LogP contribution >= 0.6 is 0 Å². The smallest absolute Gasteiger partial charge is 0.246 e. The fourth-order valence-corrected chi connectivity index (χ4v) is 2.37. The first-order valence-electron chi connectivity index (χ1n) is 8.20. The van der Waals surface area contributed by atoms with E-state index >= 15 is 0 Å². The predicted molar refractivity (Wildman–Crippen MR) is 96.9 cm³/mol. The Morgan fingerprint density at radius 1 is 0.958 bits per heavy atom. The van der Waals surface area contributed by atoms with Gasteiger partial charge in [0, 0.05) is 5.69 Å². The van der Waals surface area contributed by atoms with Crippen LogP contribution in [0.3, 0.4) is 0 Å². The first-order valence-corrected chi connectivity index (χ1v) is 8.20. The van der Waals surface area contributed by atoms with Crippen molar-refractivity contribution in [2.24, 2.45) is 0 Å². The van der Waals surface area contributed by atoms with Crippen LogP contribution in [0.25, 0.3) is 0 Å². The van der Waals surface area contributed by atoms with E-state index in [-0.39, 0.29) is 18.2 Å². The third-order valence-electron chi connectivity index (χ3n) is 3.80. The molecule has 126 valence electrons. The Bertz CT molecular complexity index is 696. The topological polar surface area (TPSA) is 58.2 Å². The molecule has 0 radical (unpaired) electrons. The molecule has 24 heavy (non-hydrogen) atoms. The molecule has 2 rings (SSSR count). The van der Waals surface area contributed by atoms with Crippen molar-refractivity contribution in [3.8, 4) is 0 Å². The molecule has 1 atom stereocenters. The van der Waals surface area contributed by atoms with E-state index in [1.54, 1.807) is 6.92 Å². The number of anilines is 1. The fraction of sp³-hybridized carbons (Fsp3) is 0.300. The molecule has 2 amide bonds. The Morgan fingerprint density at radius 2 is 1.67 bits per heavy atom. The lowest BCUT2D eigenvalue weighted by Gasteiger charge is -2.15. The molecule has 0 saturated heterocycles. The van der Waals surface area contributed by atoms with Gasteiger partial charge in [0.1, 0.15) is 6.04 Å². The summed E-state index contributed by atoms with van der Waals surface area (Å²) in [7, 11) is 0. The van der Waals surface area contributed by atoms with Crippen molar-refractivity contribution in [1.82, 2.24) is 5.32 Å². The Labute approximate surface area is 143 Å². The van der Waals surface area contributed by atoms with Crippen molar-refractivity contribution < 1.29 is 9.59 Å². The fourth-order valence-electron chi connectivity index (χ4n) is 2.37. The summed E-state index contributed by atoms with van der Waals surface area (Å²) in [5.41, 5.74) is 2.83. The van der Waals surface area contributed by atoms with Crippen LogP contribution in [0.5, 0.6) is 0 Å². The van der Waals surface area contributed by atoms with Crippen molar-refractivity contribution in [3.05, 3.63) is 65.7 Å². The van der Waals surface area contributed by atoms with E-state index in [2.05, 4.69) is 24.5 Å². The highest BCUT2D eigenvalue weighted by Crippen LogP contribution is 2.18. The molecule has 1 unspecified atom stereocenters. The van der Waals surface area contributed by atoms with Gasteiger partial charge in [0.05, 0.1) is 6.42 Å². The van der Waals surface area contributed by atoms with Gasteiger partial charge in [-0.05, 0) is 36.1 Å². The molecular formula is C20H24N2O2. The lowest BCUT2D eigenvalue weighted by molar-refractivity contribution is -0.125. The Balaban J connectivity index is 1.90. The Morgan fingerprint density at radius 3 is 2.33 bits per heavy atom. The first-order chi connectivity index (χ1) is 11.5. The van der Waals surface area contributed by atoms with Gasteiger partial charge in [0.2, 0.25) is 11.8 Å². The van der Waals surface area contributed by atoms with Gasteiger partial charge < -0.3 is 10.6 Å². The highest BCUT2D eigenvalue weighted by Gasteiger charge is 2.16. The van der Waals surface area contributed by atoms with E-state index in [0.717, 1.165) is 16.8 Å². The summed E-state index contributed by atoms with van der Waals surface area (Å²) >= 11 is 0. The summed E-state index contributed by atoms with van der Waals surface area (Å²) in [4.78, 5) is 24.3. The summed E-state index contributed by atoms with van der Waals surface area (Å²) in [6.45, 7) is 5.89. The number of carbonyl (C=O) groups is 2. The average molecular weight is 324 g/mol. The zero-order valence-electron chi connectivity index (χ0n) is 14.4. The minimum atomic E-state index is -0.594. The Hall–Kier alpha value is -2.62. The molecule has 0 bridgehead atoms. The highest BCUT2D eigenvalue weighted by atomic mass is 16.2. The Kier molecular flexibility index (Phi) is 6.13. The zero-order chi connectivity index (χ0) is 17.5. The van der Waals surface area contributed by atoms with Crippen molar-refractivity contribution in [3.63, 3.8) is 0 Å². The van der Waals surface area contributed by atoms with Crippen LogP contribution < -0.4 is 10.6 Å². The number of amides is 2. The summed E-state index contributed by atoms with van der Waals surface area (Å²) in [6, 6.07) is 16.6. The quantitative estimate of drug-likeness (QED) is 0.854. The lowest BCUT2D eigenvalue weighted by atomic mass is 10.0. The molecule has 0 fully saturated rings. The maximum atomic E-state index is 12.3. The molecule has 0 heterocycles. The molecule has 4 heteroatoms. The minimum absolute atomic E-state index is 0.167. The van der Waals surface area contributed by atoms with Crippen LogP contribution in [0, 0.1) is 0 Å². The van der Waals surface area contributed by atoms with E-state index in [0.29, 0.717) is 5.92 Å². The van der Waals surface area contributed by atoms with Crippen LogP contribution in [0.15, 0.2) is 54.6 Å². The SMILES string of the molecule is CC(NC(=O)Cc1ccccc1)C(=O)Nc1cccc(C(C)C)c1. The van der Waals surface area contributed by atoms with Crippen LogP contribution in [-0.4, -0.2) is 17.9 Å². The van der Waals surface area contributed by atoms with Crippen molar-refractivity contribution in [2.45, 2.75) is 39.2 Å². The van der Waals surface area contributed by atoms with E-state index in [4.69, 9.17) is 0 Å². The minimum Gasteiger partial charge on any atom is -0.344 e. The van der Waals surface area contributed by atoms with Crippen LogP contribution in [0.1, 0.15) is 37.8 Å². The second kappa shape index (κ2) is 8.29. The third kappa shape index (κ3) is 5.23. The molecule has 0 spiro atoms. The van der Waals surface area contributed by atoms with Gasteiger partial charge in [0.15, 0.2) is 0 Å². The van der Waals surface area contributed by atoms with Crippen molar-refractivity contribution in [2.75, 3.05) is 5.32 Å². The van der Waals surface area contributed by atoms with Gasteiger partial charge in [-0.25, -0.2) is 0 Å². The molecule has 2 N–H and O–H groups in total. The maximum Gasteiger partial charge on any atom is 0.246 e. The molecule has 2 aromatic rings. The average Bonchev–Trinajstić information content (AvgIpc) is 2.55. The third-order valence-corrected chi connectivity index (χ3v) is 3.80. The van der Waals surface area contributed by atoms with E-state index in [1.165, 1.54) is 0 Å². The highest BCUT2D eigenvalue weighted by molar-refractivity contribution is 5.97. The number of rotatable bonds is 6. The monoisotopic (exact) mass is 324 g/mol. The molecule has 0 saturated carbocycles. The van der Waals surface area contributed by atoms with Crippen molar-refractivity contribution in [1.29, 1.82) is 0 Å².